The highest BCUT2D eigenvalue weighted by molar-refractivity contribution is 7.99. The van der Waals surface area contributed by atoms with Crippen LogP contribution in [0.3, 0.4) is 0 Å². The van der Waals surface area contributed by atoms with Gasteiger partial charge in [-0.05, 0) is 36.1 Å². The molecule has 1 aliphatic heterocycles. The van der Waals surface area contributed by atoms with Crippen LogP contribution < -0.4 is 20.3 Å². The first-order chi connectivity index (χ1) is 14.7. The van der Waals surface area contributed by atoms with Gasteiger partial charge in [-0.25, -0.2) is 0 Å². The fourth-order valence-electron chi connectivity index (χ4n) is 3.31. The smallest absolute Gasteiger partial charge is 0.272 e. The van der Waals surface area contributed by atoms with Crippen molar-refractivity contribution < 1.29 is 14.3 Å². The Hall–Kier alpha value is -3.05. The van der Waals surface area contributed by atoms with Crippen LogP contribution in [0.2, 0.25) is 0 Å². The van der Waals surface area contributed by atoms with E-state index < -0.39 is 0 Å². The van der Waals surface area contributed by atoms with E-state index in [1.807, 2.05) is 41.0 Å². The molecule has 9 nitrogen and oxygen atoms in total. The van der Waals surface area contributed by atoms with E-state index in [1.54, 1.807) is 4.57 Å². The number of benzene rings is 1. The van der Waals surface area contributed by atoms with Crippen molar-refractivity contribution in [2.45, 2.75) is 25.2 Å². The maximum Gasteiger partial charge on any atom is 0.272 e. The van der Waals surface area contributed by atoms with E-state index in [2.05, 4.69) is 15.5 Å². The van der Waals surface area contributed by atoms with Gasteiger partial charge in [-0.15, -0.1) is 21.5 Å². The van der Waals surface area contributed by atoms with Gasteiger partial charge in [0, 0.05) is 13.1 Å². The summed E-state index contributed by atoms with van der Waals surface area (Å²) in [6.07, 6.45) is 0. The number of carbonyl (C=O) groups is 1. The minimum absolute atomic E-state index is 0.0691. The van der Waals surface area contributed by atoms with Crippen LogP contribution in [0.4, 0.5) is 0 Å². The van der Waals surface area contributed by atoms with Gasteiger partial charge in [-0.3, -0.25) is 18.6 Å². The van der Waals surface area contributed by atoms with Gasteiger partial charge in [0.15, 0.2) is 16.7 Å². The largest absolute Gasteiger partial charge is 0.454 e. The Morgan fingerprint density at radius 3 is 3.00 bits per heavy atom. The lowest BCUT2D eigenvalue weighted by Gasteiger charge is -2.07. The van der Waals surface area contributed by atoms with Crippen molar-refractivity contribution in [1.29, 1.82) is 0 Å². The lowest BCUT2D eigenvalue weighted by atomic mass is 10.2. The van der Waals surface area contributed by atoms with Gasteiger partial charge >= 0.3 is 0 Å². The average Bonchev–Trinajstić information content (AvgIpc) is 3.49. The Labute approximate surface area is 178 Å². The van der Waals surface area contributed by atoms with Gasteiger partial charge < -0.3 is 14.8 Å². The van der Waals surface area contributed by atoms with Gasteiger partial charge in [0.05, 0.1) is 11.3 Å². The molecule has 1 aromatic carbocycles. The van der Waals surface area contributed by atoms with Crippen molar-refractivity contribution >= 4 is 45.0 Å². The first-order valence-electron chi connectivity index (χ1n) is 9.29. The zero-order valence-corrected chi connectivity index (χ0v) is 17.6. The molecule has 1 aliphatic rings. The molecule has 11 heteroatoms. The third-order valence-corrected chi connectivity index (χ3v) is 6.58. The molecule has 1 N–H and O–H groups in total. The van der Waals surface area contributed by atoms with Gasteiger partial charge in [0.1, 0.15) is 4.70 Å². The predicted octanol–water partition coefficient (Wildman–Crippen LogP) is 2.26. The zero-order valence-electron chi connectivity index (χ0n) is 16.0. The van der Waals surface area contributed by atoms with Crippen LogP contribution >= 0.6 is 23.1 Å². The first-order valence-corrected chi connectivity index (χ1v) is 11.2. The van der Waals surface area contributed by atoms with Gasteiger partial charge in [-0.1, -0.05) is 17.8 Å². The van der Waals surface area contributed by atoms with Crippen molar-refractivity contribution in [1.82, 2.24) is 24.5 Å². The molecule has 1 amide bonds. The quantitative estimate of drug-likeness (QED) is 0.456. The normalized spacial score (nSPS) is 12.7. The van der Waals surface area contributed by atoms with Crippen LogP contribution in [0.25, 0.3) is 16.0 Å². The summed E-state index contributed by atoms with van der Waals surface area (Å²) in [5.74, 6) is 1.94. The second kappa shape index (κ2) is 7.65. The molecule has 3 aromatic heterocycles. The number of nitrogens with one attached hydrogen (secondary N) is 1. The summed E-state index contributed by atoms with van der Waals surface area (Å²) in [4.78, 5) is 25.0. The summed E-state index contributed by atoms with van der Waals surface area (Å²) in [5.41, 5.74) is 1.62. The fourth-order valence-corrected chi connectivity index (χ4v) is 4.91. The van der Waals surface area contributed by atoms with Gasteiger partial charge in [0.2, 0.25) is 18.5 Å². The van der Waals surface area contributed by atoms with Crippen molar-refractivity contribution in [2.24, 2.45) is 0 Å². The topological polar surface area (TPSA) is 99.8 Å². The molecule has 154 valence electrons. The maximum absolute atomic E-state index is 12.6. The summed E-state index contributed by atoms with van der Waals surface area (Å²) >= 11 is 2.68. The number of rotatable bonds is 6. The molecule has 0 radical (unpaired) electrons. The molecular weight excluding hydrogens is 426 g/mol. The number of ether oxygens (including phenoxy) is 2. The molecule has 30 heavy (non-hydrogen) atoms. The molecule has 0 fully saturated rings. The molecule has 0 unspecified atom stereocenters. The number of aryl methyl sites for hydroxylation is 1. The van der Waals surface area contributed by atoms with Crippen molar-refractivity contribution in [3.8, 4) is 11.5 Å². The Bertz CT molecular complexity index is 1330. The number of amides is 1. The highest BCUT2D eigenvalue weighted by Gasteiger charge is 2.18. The molecule has 4 aromatic rings. The maximum atomic E-state index is 12.6. The Morgan fingerprint density at radius 2 is 2.13 bits per heavy atom. The van der Waals surface area contributed by atoms with Crippen molar-refractivity contribution in [3.63, 3.8) is 0 Å². The van der Waals surface area contributed by atoms with E-state index in [4.69, 9.17) is 9.47 Å². The number of thiophene rings is 1. The van der Waals surface area contributed by atoms with Crippen LogP contribution in [0.5, 0.6) is 11.5 Å². The van der Waals surface area contributed by atoms with Crippen LogP contribution in [0, 0.1) is 0 Å². The highest BCUT2D eigenvalue weighted by atomic mass is 32.2. The number of hydrogen-bond donors (Lipinski definition) is 1. The second-order valence-electron chi connectivity index (χ2n) is 6.56. The molecule has 0 spiro atoms. The molecule has 0 bridgehead atoms. The molecule has 5 rings (SSSR count). The number of carbonyl (C=O) groups excluding carboxylic acids is 1. The number of thioether (sulfide) groups is 1. The SMILES string of the molecule is CCn1c(=O)c2sccc2n2c(SCC(=O)NCc3ccc4c(c3)OCO4)nnc12. The predicted molar refractivity (Wildman–Crippen MR) is 113 cm³/mol. The van der Waals surface area contributed by atoms with Gasteiger partial charge in [-0.2, -0.15) is 0 Å². The average molecular weight is 444 g/mol. The van der Waals surface area contributed by atoms with E-state index in [0.717, 1.165) is 11.1 Å². The summed E-state index contributed by atoms with van der Waals surface area (Å²) < 4.78 is 14.7. The van der Waals surface area contributed by atoms with Crippen molar-refractivity contribution in [3.05, 3.63) is 45.6 Å². The van der Waals surface area contributed by atoms with Gasteiger partial charge in [0.25, 0.3) is 5.56 Å². The highest BCUT2D eigenvalue weighted by Crippen LogP contribution is 2.32. The first kappa shape index (κ1) is 18.9. The summed E-state index contributed by atoms with van der Waals surface area (Å²) in [5, 5.41) is 13.8. The minimum Gasteiger partial charge on any atom is -0.454 e. The van der Waals surface area contributed by atoms with Crippen LogP contribution in [-0.2, 0) is 17.9 Å². The zero-order chi connectivity index (χ0) is 20.7. The van der Waals surface area contributed by atoms with Crippen LogP contribution in [0.15, 0.2) is 39.6 Å². The molecule has 0 saturated carbocycles. The minimum atomic E-state index is -0.125. The fraction of sp³-hybridized carbons (Fsp3) is 0.263. The standard InChI is InChI=1S/C19H17N5O4S2/c1-2-23-17(26)16-12(5-6-29-16)24-18(23)21-22-19(24)30-9-15(25)20-8-11-3-4-13-14(7-11)28-10-27-13/h3-7H,2,8-10H2,1H3,(H,20,25). The Kier molecular flexibility index (Phi) is 4.83. The number of aromatic nitrogens is 4. The van der Waals surface area contributed by atoms with E-state index in [9.17, 15) is 9.59 Å². The third kappa shape index (κ3) is 3.19. The van der Waals surface area contributed by atoms with Crippen LogP contribution in [0.1, 0.15) is 12.5 Å². The number of nitrogens with zero attached hydrogens (tertiary/aromatic N) is 4. The summed E-state index contributed by atoms with van der Waals surface area (Å²) in [6.45, 7) is 3.00. The summed E-state index contributed by atoms with van der Waals surface area (Å²) in [7, 11) is 0. The molecule has 0 atom stereocenters. The lowest BCUT2D eigenvalue weighted by molar-refractivity contribution is -0.118. The van der Waals surface area contributed by atoms with Crippen molar-refractivity contribution in [2.75, 3.05) is 12.5 Å². The Morgan fingerprint density at radius 1 is 1.27 bits per heavy atom. The molecule has 0 saturated heterocycles. The number of hydrogen-bond acceptors (Lipinski definition) is 8. The molecule has 4 heterocycles. The Balaban J connectivity index is 1.31. The second-order valence-corrected chi connectivity index (χ2v) is 8.41. The van der Waals surface area contributed by atoms with E-state index in [-0.39, 0.29) is 24.0 Å². The third-order valence-electron chi connectivity index (χ3n) is 4.76. The van der Waals surface area contributed by atoms with E-state index in [1.165, 1.54) is 23.1 Å². The molecule has 0 aliphatic carbocycles. The lowest BCUT2D eigenvalue weighted by Crippen LogP contribution is -2.24. The monoisotopic (exact) mass is 443 g/mol. The van der Waals surface area contributed by atoms with E-state index >= 15 is 0 Å². The number of fused-ring (bicyclic) bond motifs is 4. The molecular formula is C19H17N5O4S2. The summed E-state index contributed by atoms with van der Waals surface area (Å²) in [6, 6.07) is 7.46. The van der Waals surface area contributed by atoms with E-state index in [0.29, 0.717) is 40.2 Å². The van der Waals surface area contributed by atoms with Crippen LogP contribution in [-0.4, -0.2) is 37.6 Å².